The van der Waals surface area contributed by atoms with Crippen LogP contribution in [0.2, 0.25) is 0 Å². The Morgan fingerprint density at radius 3 is 2.58 bits per heavy atom. The second-order valence-electron chi connectivity index (χ2n) is 2.55. The van der Waals surface area contributed by atoms with Crippen LogP contribution in [0, 0.1) is 0 Å². The summed E-state index contributed by atoms with van der Waals surface area (Å²) in [4.78, 5) is 11.3. The van der Waals surface area contributed by atoms with Gasteiger partial charge in [0.1, 0.15) is 0 Å². The van der Waals surface area contributed by atoms with Crippen LogP contribution in [-0.4, -0.2) is 5.78 Å². The Morgan fingerprint density at radius 1 is 1.08 bits per heavy atom. The van der Waals surface area contributed by atoms with Crippen LogP contribution in [0.3, 0.4) is 0 Å². The number of hydrogen-bond donors (Lipinski definition) is 0. The first-order valence-corrected chi connectivity index (χ1v) is 4.98. The van der Waals surface area contributed by atoms with Gasteiger partial charge in [0.15, 0.2) is 5.78 Å². The standard InChI is InChI=1S/C9H4Br2O/c10-5-1-2-6-7(3-5)8(11)4-9(6)12/h1-4H. The van der Waals surface area contributed by atoms with E-state index in [0.29, 0.717) is 0 Å². The van der Waals surface area contributed by atoms with Gasteiger partial charge in [0.25, 0.3) is 0 Å². The van der Waals surface area contributed by atoms with Crippen LogP contribution in [0.1, 0.15) is 15.9 Å². The highest BCUT2D eigenvalue weighted by atomic mass is 79.9. The van der Waals surface area contributed by atoms with Crippen molar-refractivity contribution in [3.05, 3.63) is 39.9 Å². The van der Waals surface area contributed by atoms with E-state index >= 15 is 0 Å². The van der Waals surface area contributed by atoms with Gasteiger partial charge in [-0.1, -0.05) is 31.9 Å². The molecular formula is C9H4Br2O. The number of allylic oxidation sites excluding steroid dienone is 1. The molecule has 0 atom stereocenters. The molecule has 0 saturated heterocycles. The highest BCUT2D eigenvalue weighted by molar-refractivity contribution is 9.15. The number of benzene rings is 1. The zero-order valence-electron chi connectivity index (χ0n) is 5.97. The summed E-state index contributed by atoms with van der Waals surface area (Å²) in [6.07, 6.45) is 1.59. The molecule has 0 amide bonds. The van der Waals surface area contributed by atoms with E-state index in [9.17, 15) is 4.79 Å². The van der Waals surface area contributed by atoms with Gasteiger partial charge in [0, 0.05) is 26.2 Å². The van der Waals surface area contributed by atoms with Crippen LogP contribution < -0.4 is 0 Å². The average Bonchev–Trinajstić information content (AvgIpc) is 2.28. The van der Waals surface area contributed by atoms with Crippen LogP contribution in [-0.2, 0) is 0 Å². The zero-order chi connectivity index (χ0) is 8.72. The lowest BCUT2D eigenvalue weighted by Gasteiger charge is -1.98. The zero-order valence-corrected chi connectivity index (χ0v) is 9.15. The number of hydrogen-bond acceptors (Lipinski definition) is 1. The van der Waals surface area contributed by atoms with E-state index < -0.39 is 0 Å². The van der Waals surface area contributed by atoms with Crippen molar-refractivity contribution >= 4 is 42.1 Å². The average molecular weight is 288 g/mol. The number of ketones is 1. The van der Waals surface area contributed by atoms with Crippen LogP contribution >= 0.6 is 31.9 Å². The Morgan fingerprint density at radius 2 is 1.83 bits per heavy atom. The summed E-state index contributed by atoms with van der Waals surface area (Å²) < 4.78 is 1.85. The molecule has 1 aliphatic carbocycles. The van der Waals surface area contributed by atoms with E-state index in [1.54, 1.807) is 6.08 Å². The predicted molar refractivity (Wildman–Crippen MR) is 55.4 cm³/mol. The Labute approximate surface area is 86.7 Å². The normalized spacial score (nSPS) is 14.5. The third kappa shape index (κ3) is 1.17. The van der Waals surface area contributed by atoms with E-state index in [1.807, 2.05) is 18.2 Å². The molecule has 0 radical (unpaired) electrons. The predicted octanol–water partition coefficient (Wildman–Crippen LogP) is 3.38. The second kappa shape index (κ2) is 2.82. The van der Waals surface area contributed by atoms with Gasteiger partial charge < -0.3 is 0 Å². The van der Waals surface area contributed by atoms with Crippen molar-refractivity contribution in [2.24, 2.45) is 0 Å². The van der Waals surface area contributed by atoms with E-state index in [0.717, 1.165) is 20.1 Å². The molecule has 60 valence electrons. The summed E-state index contributed by atoms with van der Waals surface area (Å²) in [6, 6.07) is 5.63. The summed E-state index contributed by atoms with van der Waals surface area (Å²) in [7, 11) is 0. The van der Waals surface area contributed by atoms with Gasteiger partial charge in [-0.3, -0.25) is 4.79 Å². The minimum absolute atomic E-state index is 0.0735. The number of carbonyl (C=O) groups excluding carboxylic acids is 1. The van der Waals surface area contributed by atoms with Crippen molar-refractivity contribution in [2.45, 2.75) is 0 Å². The van der Waals surface area contributed by atoms with E-state index in [1.165, 1.54) is 0 Å². The minimum atomic E-state index is 0.0735. The molecule has 1 nitrogen and oxygen atoms in total. The Balaban J connectivity index is 2.69. The molecule has 0 N–H and O–H groups in total. The fourth-order valence-electron chi connectivity index (χ4n) is 1.20. The fraction of sp³-hybridized carbons (Fsp3) is 0. The number of carbonyl (C=O) groups is 1. The Hall–Kier alpha value is -0.410. The summed E-state index contributed by atoms with van der Waals surface area (Å²) >= 11 is 6.68. The van der Waals surface area contributed by atoms with Gasteiger partial charge >= 0.3 is 0 Å². The summed E-state index contributed by atoms with van der Waals surface area (Å²) in [5.41, 5.74) is 1.74. The van der Waals surface area contributed by atoms with Crippen molar-refractivity contribution in [2.75, 3.05) is 0 Å². The molecule has 3 heteroatoms. The molecule has 0 spiro atoms. The van der Waals surface area contributed by atoms with Crippen LogP contribution in [0.5, 0.6) is 0 Å². The smallest absolute Gasteiger partial charge is 0.187 e. The highest BCUT2D eigenvalue weighted by Crippen LogP contribution is 2.33. The maximum atomic E-state index is 11.3. The third-order valence-corrected chi connectivity index (χ3v) is 2.91. The highest BCUT2D eigenvalue weighted by Gasteiger charge is 2.18. The lowest BCUT2D eigenvalue weighted by molar-refractivity contribution is 0.105. The molecular weight excluding hydrogens is 284 g/mol. The second-order valence-corrected chi connectivity index (χ2v) is 4.32. The lowest BCUT2D eigenvalue weighted by atomic mass is 10.1. The lowest BCUT2D eigenvalue weighted by Crippen LogP contribution is -1.90. The molecule has 0 aliphatic heterocycles. The van der Waals surface area contributed by atoms with Gasteiger partial charge in [-0.2, -0.15) is 0 Å². The van der Waals surface area contributed by atoms with Crippen molar-refractivity contribution in [1.29, 1.82) is 0 Å². The molecule has 12 heavy (non-hydrogen) atoms. The number of fused-ring (bicyclic) bond motifs is 1. The molecule has 2 rings (SSSR count). The molecule has 0 unspecified atom stereocenters. The van der Waals surface area contributed by atoms with Gasteiger partial charge in [0.05, 0.1) is 0 Å². The van der Waals surface area contributed by atoms with Crippen molar-refractivity contribution in [3.63, 3.8) is 0 Å². The SMILES string of the molecule is O=C1C=C(Br)c2cc(Br)ccc21. The molecule has 0 saturated carbocycles. The van der Waals surface area contributed by atoms with Gasteiger partial charge in [-0.25, -0.2) is 0 Å². The largest absolute Gasteiger partial charge is 0.289 e. The summed E-state index contributed by atoms with van der Waals surface area (Å²) in [6.45, 7) is 0. The maximum absolute atomic E-state index is 11.3. The fourth-order valence-corrected chi connectivity index (χ4v) is 2.10. The monoisotopic (exact) mass is 286 g/mol. The van der Waals surface area contributed by atoms with Crippen LogP contribution in [0.15, 0.2) is 28.7 Å². The number of halogens is 2. The summed E-state index contributed by atoms with van der Waals surface area (Å²) in [5.74, 6) is 0.0735. The van der Waals surface area contributed by atoms with Crippen LogP contribution in [0.25, 0.3) is 4.48 Å². The first-order chi connectivity index (χ1) is 5.68. The third-order valence-electron chi connectivity index (χ3n) is 1.76. The minimum Gasteiger partial charge on any atom is -0.289 e. The molecule has 1 aliphatic rings. The molecule has 0 bridgehead atoms. The van der Waals surface area contributed by atoms with E-state index in [-0.39, 0.29) is 5.78 Å². The first-order valence-electron chi connectivity index (χ1n) is 3.40. The molecule has 1 aromatic rings. The molecule has 0 fully saturated rings. The quantitative estimate of drug-likeness (QED) is 0.715. The first kappa shape index (κ1) is 8.20. The van der Waals surface area contributed by atoms with Crippen LogP contribution in [0.4, 0.5) is 0 Å². The van der Waals surface area contributed by atoms with Crippen molar-refractivity contribution in [3.8, 4) is 0 Å². The van der Waals surface area contributed by atoms with Gasteiger partial charge in [-0.15, -0.1) is 0 Å². The molecule has 1 aromatic carbocycles. The Kier molecular flexibility index (Phi) is 1.93. The molecule has 0 heterocycles. The summed E-state index contributed by atoms with van der Waals surface area (Å²) in [5, 5.41) is 0. The van der Waals surface area contributed by atoms with Gasteiger partial charge in [0.2, 0.25) is 0 Å². The van der Waals surface area contributed by atoms with E-state index in [2.05, 4.69) is 31.9 Å². The number of rotatable bonds is 0. The topological polar surface area (TPSA) is 17.1 Å². The van der Waals surface area contributed by atoms with Gasteiger partial charge in [-0.05, 0) is 18.2 Å². The van der Waals surface area contributed by atoms with Crippen molar-refractivity contribution in [1.82, 2.24) is 0 Å². The van der Waals surface area contributed by atoms with E-state index in [4.69, 9.17) is 0 Å². The Bertz CT molecular complexity index is 394. The van der Waals surface area contributed by atoms with Crippen molar-refractivity contribution < 1.29 is 4.79 Å². The maximum Gasteiger partial charge on any atom is 0.187 e. The molecule has 0 aromatic heterocycles.